The number of amides is 16. The Kier molecular flexibility index (Phi) is 39.2. The van der Waals surface area contributed by atoms with Gasteiger partial charge in [0.1, 0.15) is 90.0 Å². The van der Waals surface area contributed by atoms with Gasteiger partial charge in [-0.2, -0.15) is 0 Å². The number of H-pyrrole nitrogens is 1. The SMILES string of the molecule is CCCC[C@H]1C(=O)N2C[C@@H](O)C[C@@H]2C(=O)N[C@@H](CC(N)=O)C(=O)N[C@@H](C(C)C)C(=O)N(C)C(Cc2ccccc2)C(=O)N[C@@H](Cc2ccc(O)cc2)C(=O)N2CCCC[C@@H]2C(=O)N[C@@H](Cc2c[nH]c3ccccc23)C(=O)N[C@@H](Cc2ccc(O)cc2)C(=O)N[C@@H](CCCCN)C(=O)N[C@H](C(=O)NCC(N)=O)CSCC(=O)N[C@@H](Cc2cc(F)c(F)c(F)c2)C(=O)N(C)[C@@H](Cc2ccccc2)C(=O)N1C. The van der Waals surface area contributed by atoms with Crippen LogP contribution in [-0.2, 0) is 115 Å². The highest BCUT2D eigenvalue weighted by atomic mass is 32.2. The Balaban J connectivity index is 1.07. The standard InChI is InChI=1S/C98H123F3N18O19S/c1-7-8-28-77-97(137)119-52-64(122)48-79(119)93(133)111-72(49-81(103)123)90(130)114-85(55(2)3)98(138)116(5)78(45-56-21-11-9-12-22-56)92(132)112-74(43-59-32-36-63(121)37-33-59)95(135)118-39-20-18-29-76(118)91(131)110-71(47-61-50-105-68-26-16-15-25-65(61)68)89(129)109-70(42-58-30-34-62(120)35-31-58)88(128)108-69(27-17-19-38-102)87(127)113-75(86(126)106-51-82(104)124)53-139-54-83(125)107-73(44-60-40-66(99)84(101)67(100)41-60)94(134)117(6)80(96(136)115(77)4)46-57-23-13-10-14-24-57/h9-16,21-26,30-37,40-41,50,55,64,69-80,85,105,120-122H,7-8,17-20,27-29,38-39,42-49,51-54,102H2,1-6H3,(H2,103,123)(H2,104,124)(H,106,126)(H,107,125)(H,108,128)(H,109,129)(H,110,131)(H,111,133)(H,112,132)(H,113,127)(H,114,130)/t64-,69-,70-,71-,72-,73-,74-,75-,76+,77-,78?,79+,80-,85-/m0/s1. The first-order valence-corrected chi connectivity index (χ1v) is 47.4. The Morgan fingerprint density at radius 1 is 0.496 bits per heavy atom. The molecule has 16 amide bonds. The van der Waals surface area contributed by atoms with Gasteiger partial charge in [0.2, 0.25) is 94.5 Å². The summed E-state index contributed by atoms with van der Waals surface area (Å²) in [6, 6.07) is 14.7. The molecule has 37 nitrogen and oxygen atoms in total. The van der Waals surface area contributed by atoms with Crippen molar-refractivity contribution in [2.45, 2.75) is 215 Å². The highest BCUT2D eigenvalue weighted by Gasteiger charge is 2.48. The molecule has 0 saturated carbocycles. The van der Waals surface area contributed by atoms with Crippen LogP contribution in [0.5, 0.6) is 11.5 Å². The molecule has 10 rings (SSSR count). The number of likely N-dealkylation sites (N-methyl/N-ethyl adjacent to an activating group) is 3. The lowest BCUT2D eigenvalue weighted by Gasteiger charge is -2.38. The number of para-hydroxylation sites is 1. The van der Waals surface area contributed by atoms with Crippen LogP contribution in [0.3, 0.4) is 0 Å². The molecule has 3 saturated heterocycles. The minimum atomic E-state index is -1.92. The van der Waals surface area contributed by atoms with E-state index in [0.29, 0.717) is 81.9 Å². The van der Waals surface area contributed by atoms with Crippen molar-refractivity contribution in [1.29, 1.82) is 0 Å². The summed E-state index contributed by atoms with van der Waals surface area (Å²) in [7, 11) is 3.71. The number of carbonyl (C=O) groups is 16. The summed E-state index contributed by atoms with van der Waals surface area (Å²) in [5, 5.41) is 56.9. The van der Waals surface area contributed by atoms with Crippen molar-refractivity contribution >= 4 is 117 Å². The number of benzene rings is 6. The lowest BCUT2D eigenvalue weighted by molar-refractivity contribution is -0.152. The number of halogens is 3. The predicted octanol–water partition coefficient (Wildman–Crippen LogP) is 1.65. The summed E-state index contributed by atoms with van der Waals surface area (Å²) in [5.74, 6) is -23.6. The highest BCUT2D eigenvalue weighted by Crippen LogP contribution is 2.29. The molecule has 4 heterocycles. The van der Waals surface area contributed by atoms with E-state index in [1.807, 2.05) is 0 Å². The molecule has 3 aliphatic rings. The molecule has 746 valence electrons. The van der Waals surface area contributed by atoms with Crippen molar-refractivity contribution in [3.63, 3.8) is 0 Å². The Morgan fingerprint density at radius 3 is 1.62 bits per heavy atom. The third-order valence-electron chi connectivity index (χ3n) is 24.9. The third-order valence-corrected chi connectivity index (χ3v) is 26.0. The van der Waals surface area contributed by atoms with Gasteiger partial charge >= 0.3 is 0 Å². The second kappa shape index (κ2) is 50.9. The van der Waals surface area contributed by atoms with E-state index in [4.69, 9.17) is 17.2 Å². The lowest BCUT2D eigenvalue weighted by atomic mass is 9.96. The number of hydrogen-bond donors (Lipinski definition) is 16. The van der Waals surface area contributed by atoms with Crippen LogP contribution in [0.2, 0.25) is 0 Å². The van der Waals surface area contributed by atoms with Crippen LogP contribution in [0.4, 0.5) is 13.2 Å². The van der Waals surface area contributed by atoms with E-state index in [9.17, 15) is 38.9 Å². The number of aromatic nitrogens is 1. The van der Waals surface area contributed by atoms with Crippen LogP contribution in [-0.4, -0.2) is 283 Å². The fourth-order valence-corrected chi connectivity index (χ4v) is 18.1. The van der Waals surface area contributed by atoms with Crippen molar-refractivity contribution in [3.05, 3.63) is 203 Å². The van der Waals surface area contributed by atoms with Gasteiger partial charge in [-0.25, -0.2) is 13.2 Å². The molecule has 7 aromatic rings. The maximum Gasteiger partial charge on any atom is 0.246 e. The van der Waals surface area contributed by atoms with E-state index in [1.165, 1.54) is 74.6 Å². The van der Waals surface area contributed by atoms with Crippen LogP contribution in [0, 0.1) is 23.4 Å². The highest BCUT2D eigenvalue weighted by molar-refractivity contribution is 8.00. The number of aromatic amines is 1. The number of carbonyl (C=O) groups excluding carboxylic acids is 16. The topological polar surface area (TPSA) is 552 Å². The van der Waals surface area contributed by atoms with Gasteiger partial charge in [-0.1, -0.05) is 137 Å². The normalized spacial score (nSPS) is 23.7. The number of aromatic hydroxyl groups is 2. The number of phenols is 2. The zero-order valence-electron chi connectivity index (χ0n) is 78.2. The number of thioether (sulfide) groups is 1. The van der Waals surface area contributed by atoms with Crippen LogP contribution in [0.1, 0.15) is 125 Å². The van der Waals surface area contributed by atoms with Gasteiger partial charge in [0.25, 0.3) is 0 Å². The summed E-state index contributed by atoms with van der Waals surface area (Å²) in [6.45, 7) is 3.58. The molecule has 0 aliphatic carbocycles. The summed E-state index contributed by atoms with van der Waals surface area (Å²) in [6.07, 6.45) is -2.04. The van der Waals surface area contributed by atoms with Crippen molar-refractivity contribution in [3.8, 4) is 11.5 Å². The van der Waals surface area contributed by atoms with Crippen LogP contribution in [0.25, 0.3) is 10.9 Å². The molecule has 0 bridgehead atoms. The van der Waals surface area contributed by atoms with Crippen LogP contribution < -0.4 is 65.1 Å². The Hall–Kier alpha value is -14.0. The minimum Gasteiger partial charge on any atom is -0.508 e. The van der Waals surface area contributed by atoms with Gasteiger partial charge < -0.3 is 110 Å². The molecule has 0 spiro atoms. The van der Waals surface area contributed by atoms with Gasteiger partial charge in [0, 0.05) is 102 Å². The number of fused-ring (bicyclic) bond motifs is 3. The van der Waals surface area contributed by atoms with Crippen molar-refractivity contribution in [2.24, 2.45) is 23.1 Å². The number of primary amides is 2. The molecule has 41 heteroatoms. The van der Waals surface area contributed by atoms with E-state index >= 15 is 66.3 Å². The number of phenolic OH excluding ortho intramolecular Hbond substituents is 2. The molecule has 19 N–H and O–H groups in total. The summed E-state index contributed by atoms with van der Waals surface area (Å²) >= 11 is 0.659. The summed E-state index contributed by atoms with van der Waals surface area (Å²) < 4.78 is 45.2. The number of piperidine rings is 1. The van der Waals surface area contributed by atoms with Crippen molar-refractivity contribution in [1.82, 2.24) is 77.3 Å². The van der Waals surface area contributed by atoms with E-state index in [0.717, 1.165) is 19.6 Å². The quantitative estimate of drug-likeness (QED) is 0.0286. The Bertz CT molecular complexity index is 5510. The zero-order valence-corrected chi connectivity index (χ0v) is 79.1. The number of unbranched alkanes of at least 4 members (excludes halogenated alkanes) is 2. The summed E-state index contributed by atoms with van der Waals surface area (Å²) in [4.78, 5) is 249. The fraction of sp³-hybridized carbons (Fsp3) is 0.449. The third kappa shape index (κ3) is 29.8. The van der Waals surface area contributed by atoms with E-state index < -0.39 is 246 Å². The number of rotatable bonds is 25. The first-order chi connectivity index (χ1) is 66.3. The van der Waals surface area contributed by atoms with Gasteiger partial charge in [-0.3, -0.25) is 76.7 Å². The smallest absolute Gasteiger partial charge is 0.246 e. The molecule has 0 radical (unpaired) electrons. The molecule has 1 unspecified atom stereocenters. The number of nitrogens with two attached hydrogens (primary N) is 3. The number of aliphatic hydroxyl groups excluding tert-OH is 1. The molecular formula is C98H123F3N18O19S. The largest absolute Gasteiger partial charge is 0.508 e. The Morgan fingerprint density at radius 2 is 1.01 bits per heavy atom. The molecule has 3 fully saturated rings. The van der Waals surface area contributed by atoms with E-state index in [2.05, 4.69) is 52.8 Å². The predicted molar refractivity (Wildman–Crippen MR) is 507 cm³/mol. The summed E-state index contributed by atoms with van der Waals surface area (Å²) in [5.41, 5.74) is 19.7. The van der Waals surface area contributed by atoms with E-state index in [1.54, 1.807) is 112 Å². The fourth-order valence-electron chi connectivity index (χ4n) is 17.3. The lowest BCUT2D eigenvalue weighted by Crippen LogP contribution is -2.63. The maximum atomic E-state index is 16.0. The molecule has 3 aliphatic heterocycles. The van der Waals surface area contributed by atoms with Crippen LogP contribution in [0.15, 0.2) is 152 Å². The second-order valence-corrected chi connectivity index (χ2v) is 36.6. The number of nitrogens with one attached hydrogen (secondary N) is 10. The first kappa shape index (κ1) is 107. The maximum absolute atomic E-state index is 16.0. The number of nitrogens with zero attached hydrogens (tertiary/aromatic N) is 5. The van der Waals surface area contributed by atoms with Gasteiger partial charge in [0.05, 0.1) is 24.8 Å². The van der Waals surface area contributed by atoms with Crippen molar-refractivity contribution < 1.29 is 105 Å². The molecule has 6 aromatic carbocycles. The van der Waals surface area contributed by atoms with E-state index in [-0.39, 0.29) is 101 Å². The second-order valence-electron chi connectivity index (χ2n) is 35.6. The van der Waals surface area contributed by atoms with Crippen LogP contribution >= 0.6 is 11.8 Å². The molecule has 139 heavy (non-hydrogen) atoms. The molecule has 1 aromatic heterocycles. The average molecular weight is 1950 g/mol. The van der Waals surface area contributed by atoms with Gasteiger partial charge in [0.15, 0.2) is 17.5 Å². The Labute approximate surface area is 806 Å². The van der Waals surface area contributed by atoms with Crippen molar-refractivity contribution in [2.75, 3.05) is 58.8 Å². The van der Waals surface area contributed by atoms with Gasteiger partial charge in [-0.05, 0) is 133 Å². The first-order valence-electron chi connectivity index (χ1n) is 46.3. The zero-order chi connectivity index (χ0) is 101. The van der Waals surface area contributed by atoms with Gasteiger partial charge in [-0.15, -0.1) is 11.8 Å². The number of hydrogen-bond acceptors (Lipinski definition) is 21. The molecular weight excluding hydrogens is 1820 g/mol. The average Bonchev–Trinajstić information content (AvgIpc) is 1.58. The molecule has 14 atom stereocenters. The monoisotopic (exact) mass is 1940 g/mol. The minimum absolute atomic E-state index is 0.00603. The number of aliphatic hydroxyl groups is 1.